The molecule has 2 nitrogen and oxygen atoms in total. The van der Waals surface area contributed by atoms with Gasteiger partial charge in [0.05, 0.1) is 12.7 Å². The maximum atomic E-state index is 11.1. The van der Waals surface area contributed by atoms with Crippen LogP contribution in [0, 0.1) is 6.92 Å². The van der Waals surface area contributed by atoms with Gasteiger partial charge in [0.2, 0.25) is 0 Å². The van der Waals surface area contributed by atoms with Gasteiger partial charge in [-0.2, -0.15) is 0 Å². The van der Waals surface area contributed by atoms with Crippen LogP contribution in [0.3, 0.4) is 0 Å². The summed E-state index contributed by atoms with van der Waals surface area (Å²) in [7, 11) is 1.50. The van der Waals surface area contributed by atoms with Gasteiger partial charge in [0.1, 0.15) is 5.75 Å². The van der Waals surface area contributed by atoms with Crippen LogP contribution >= 0.6 is 27.5 Å². The molecule has 0 bridgehead atoms. The number of hydrogen-bond acceptors (Lipinski definition) is 2. The molecule has 13 heavy (non-hydrogen) atoms. The standard InChI is InChI=1S/C9H8BrClO2/c1-5-3-4-6(13-2)7(8(5)10)9(11)12/h3-4H,1-2H3. The number of rotatable bonds is 2. The number of benzene rings is 1. The molecule has 0 saturated heterocycles. The van der Waals surface area contributed by atoms with Crippen molar-refractivity contribution in [2.45, 2.75) is 6.92 Å². The second kappa shape index (κ2) is 4.11. The van der Waals surface area contributed by atoms with Crippen LogP contribution in [0.5, 0.6) is 5.75 Å². The van der Waals surface area contributed by atoms with E-state index < -0.39 is 5.24 Å². The van der Waals surface area contributed by atoms with Crippen molar-refractivity contribution in [3.05, 3.63) is 27.7 Å². The summed E-state index contributed by atoms with van der Waals surface area (Å²) in [5.74, 6) is 0.484. The van der Waals surface area contributed by atoms with Crippen LogP contribution in [0.15, 0.2) is 16.6 Å². The first-order chi connectivity index (χ1) is 6.07. The van der Waals surface area contributed by atoms with Gasteiger partial charge in [0.25, 0.3) is 5.24 Å². The van der Waals surface area contributed by atoms with Gasteiger partial charge in [0, 0.05) is 4.47 Å². The fourth-order valence-corrected chi connectivity index (χ4v) is 1.83. The van der Waals surface area contributed by atoms with E-state index in [0.29, 0.717) is 15.8 Å². The summed E-state index contributed by atoms with van der Waals surface area (Å²) in [6, 6.07) is 3.57. The monoisotopic (exact) mass is 262 g/mol. The lowest BCUT2D eigenvalue weighted by Crippen LogP contribution is -1.98. The minimum absolute atomic E-state index is 0.379. The topological polar surface area (TPSA) is 26.3 Å². The van der Waals surface area contributed by atoms with Gasteiger partial charge in [-0.05, 0) is 46.1 Å². The Bertz CT molecular complexity index is 350. The Balaban J connectivity index is 3.41. The summed E-state index contributed by atoms with van der Waals surface area (Å²) in [4.78, 5) is 11.1. The van der Waals surface area contributed by atoms with Crippen molar-refractivity contribution in [1.29, 1.82) is 0 Å². The molecule has 70 valence electrons. The fraction of sp³-hybridized carbons (Fsp3) is 0.222. The molecule has 0 spiro atoms. The minimum Gasteiger partial charge on any atom is -0.496 e. The van der Waals surface area contributed by atoms with E-state index in [-0.39, 0.29) is 0 Å². The first-order valence-corrected chi connectivity index (χ1v) is 4.78. The number of aryl methyl sites for hydroxylation is 1. The molecule has 1 aromatic rings. The van der Waals surface area contributed by atoms with Gasteiger partial charge in [-0.3, -0.25) is 4.79 Å². The van der Waals surface area contributed by atoms with Crippen molar-refractivity contribution in [3.8, 4) is 5.75 Å². The smallest absolute Gasteiger partial charge is 0.257 e. The predicted molar refractivity (Wildman–Crippen MR) is 55.6 cm³/mol. The van der Waals surface area contributed by atoms with Crippen LogP contribution in [0.25, 0.3) is 0 Å². The van der Waals surface area contributed by atoms with E-state index in [1.807, 2.05) is 13.0 Å². The molecule has 4 heteroatoms. The molecule has 0 aliphatic heterocycles. The summed E-state index contributed by atoms with van der Waals surface area (Å²) >= 11 is 8.70. The molecule has 0 fully saturated rings. The fourth-order valence-electron chi connectivity index (χ4n) is 1.02. The number of ether oxygens (including phenoxy) is 1. The van der Waals surface area contributed by atoms with E-state index in [0.717, 1.165) is 5.56 Å². The number of carbonyl (C=O) groups excluding carboxylic acids is 1. The summed E-state index contributed by atoms with van der Waals surface area (Å²) in [6.45, 7) is 1.88. The van der Waals surface area contributed by atoms with Crippen LogP contribution in [-0.4, -0.2) is 12.4 Å². The zero-order valence-electron chi connectivity index (χ0n) is 7.23. The van der Waals surface area contributed by atoms with E-state index in [2.05, 4.69) is 15.9 Å². The maximum Gasteiger partial charge on any atom is 0.257 e. The lowest BCUT2D eigenvalue weighted by Gasteiger charge is -2.08. The van der Waals surface area contributed by atoms with Crippen molar-refractivity contribution < 1.29 is 9.53 Å². The molecular weight excluding hydrogens is 255 g/mol. The Morgan fingerprint density at radius 1 is 1.54 bits per heavy atom. The van der Waals surface area contributed by atoms with Gasteiger partial charge in [-0.1, -0.05) is 6.07 Å². The van der Waals surface area contributed by atoms with Gasteiger partial charge in [0.15, 0.2) is 0 Å². The third kappa shape index (κ3) is 2.03. The quantitative estimate of drug-likeness (QED) is 0.766. The highest BCUT2D eigenvalue weighted by Crippen LogP contribution is 2.30. The number of methoxy groups -OCH3 is 1. The highest BCUT2D eigenvalue weighted by molar-refractivity contribution is 9.10. The highest BCUT2D eigenvalue weighted by atomic mass is 79.9. The third-order valence-electron chi connectivity index (χ3n) is 1.71. The van der Waals surface area contributed by atoms with Gasteiger partial charge < -0.3 is 4.74 Å². The Morgan fingerprint density at radius 3 is 2.62 bits per heavy atom. The van der Waals surface area contributed by atoms with Crippen molar-refractivity contribution >= 4 is 32.8 Å². The van der Waals surface area contributed by atoms with Crippen molar-refractivity contribution in [3.63, 3.8) is 0 Å². The largest absolute Gasteiger partial charge is 0.496 e. The number of halogens is 2. The van der Waals surface area contributed by atoms with Crippen molar-refractivity contribution in [1.82, 2.24) is 0 Å². The van der Waals surface area contributed by atoms with Crippen molar-refractivity contribution in [2.75, 3.05) is 7.11 Å². The van der Waals surface area contributed by atoms with E-state index in [1.165, 1.54) is 7.11 Å². The van der Waals surface area contributed by atoms with Crippen LogP contribution in [0.1, 0.15) is 15.9 Å². The normalized spacial score (nSPS) is 9.85. The molecule has 0 N–H and O–H groups in total. The molecule has 0 atom stereocenters. The SMILES string of the molecule is COc1ccc(C)c(Br)c1C(=O)Cl. The third-order valence-corrected chi connectivity index (χ3v) is 2.92. The van der Waals surface area contributed by atoms with Gasteiger partial charge in [-0.15, -0.1) is 0 Å². The van der Waals surface area contributed by atoms with Crippen LogP contribution in [0.2, 0.25) is 0 Å². The molecule has 1 aromatic carbocycles. The zero-order valence-corrected chi connectivity index (χ0v) is 9.57. The van der Waals surface area contributed by atoms with Crippen molar-refractivity contribution in [2.24, 2.45) is 0 Å². The molecule has 0 aliphatic carbocycles. The van der Waals surface area contributed by atoms with E-state index in [4.69, 9.17) is 16.3 Å². The average molecular weight is 264 g/mol. The summed E-state index contributed by atoms with van der Waals surface area (Å²) < 4.78 is 5.69. The molecular formula is C9H8BrClO2. The Morgan fingerprint density at radius 2 is 2.15 bits per heavy atom. The Kier molecular flexibility index (Phi) is 3.33. The number of carbonyl (C=O) groups is 1. The Labute approximate surface area is 90.0 Å². The maximum absolute atomic E-state index is 11.1. The molecule has 0 aromatic heterocycles. The molecule has 0 saturated carbocycles. The molecule has 0 aliphatic rings. The summed E-state index contributed by atoms with van der Waals surface area (Å²) in [6.07, 6.45) is 0. The molecule has 1 rings (SSSR count). The predicted octanol–water partition coefficient (Wildman–Crippen LogP) is 3.15. The minimum atomic E-state index is -0.521. The first kappa shape index (κ1) is 10.5. The first-order valence-electron chi connectivity index (χ1n) is 3.61. The summed E-state index contributed by atoms with van der Waals surface area (Å²) in [5.41, 5.74) is 1.33. The van der Waals surface area contributed by atoms with Crippen LogP contribution < -0.4 is 4.74 Å². The number of hydrogen-bond donors (Lipinski definition) is 0. The zero-order chi connectivity index (χ0) is 10.0. The van der Waals surface area contributed by atoms with Crippen LogP contribution in [-0.2, 0) is 0 Å². The van der Waals surface area contributed by atoms with Gasteiger partial charge in [-0.25, -0.2) is 0 Å². The highest BCUT2D eigenvalue weighted by Gasteiger charge is 2.15. The second-order valence-corrected chi connectivity index (χ2v) is 3.68. The summed E-state index contributed by atoms with van der Waals surface area (Å²) in [5, 5.41) is -0.521. The second-order valence-electron chi connectivity index (χ2n) is 2.55. The molecule has 0 amide bonds. The van der Waals surface area contributed by atoms with E-state index >= 15 is 0 Å². The molecule has 0 unspecified atom stereocenters. The van der Waals surface area contributed by atoms with Crippen LogP contribution in [0.4, 0.5) is 0 Å². The van der Waals surface area contributed by atoms with E-state index in [9.17, 15) is 4.79 Å². The van der Waals surface area contributed by atoms with Gasteiger partial charge >= 0.3 is 0 Å². The lowest BCUT2D eigenvalue weighted by atomic mass is 10.1. The van der Waals surface area contributed by atoms with E-state index in [1.54, 1.807) is 6.07 Å². The molecule has 0 radical (unpaired) electrons. The Hall–Kier alpha value is -0.540. The molecule has 0 heterocycles. The lowest BCUT2D eigenvalue weighted by molar-refractivity contribution is 0.107. The average Bonchev–Trinajstić information content (AvgIpc) is 2.08.